The number of nitrogens with zero attached hydrogens (tertiary/aromatic N) is 1. The molecule has 0 saturated heterocycles. The Labute approximate surface area is 220 Å². The summed E-state index contributed by atoms with van der Waals surface area (Å²) in [5, 5.41) is 4.19. The van der Waals surface area contributed by atoms with Gasteiger partial charge in [-0.05, 0) is 52.6 Å². The predicted octanol–water partition coefficient (Wildman–Crippen LogP) is 6.40. The second-order valence-electron chi connectivity index (χ2n) is 9.49. The Hall–Kier alpha value is -4.58. The fourth-order valence-electron chi connectivity index (χ4n) is 5.07. The van der Waals surface area contributed by atoms with E-state index in [1.165, 1.54) is 12.1 Å². The monoisotopic (exact) mass is 506 g/mol. The summed E-state index contributed by atoms with van der Waals surface area (Å²) in [5.74, 6) is 1.01. The summed E-state index contributed by atoms with van der Waals surface area (Å²) < 4.78 is 26.5. The Bertz CT molecular complexity index is 1580. The minimum absolute atomic E-state index is 0.0353. The third-order valence-corrected chi connectivity index (χ3v) is 6.98. The fraction of sp³-hybridized carbons (Fsp3) is 0.156. The zero-order valence-corrected chi connectivity index (χ0v) is 20.8. The minimum atomic E-state index is -0.247. The fourth-order valence-corrected chi connectivity index (χ4v) is 5.07. The standard InChI is InChI=1S/C32H27FN2O3/c33-25-13-10-22(11-14-25)19-35-20-28(26-8-4-5-9-29(26)35)27(24-6-2-1-3-7-24)17-32(36)34-18-23-12-15-30-31(16-23)38-21-37-30/h1-16,20,27H,17-19,21H2,(H,34,36). The van der Waals surface area contributed by atoms with Gasteiger partial charge in [-0.1, -0.05) is 66.7 Å². The summed E-state index contributed by atoms with van der Waals surface area (Å²) in [4.78, 5) is 13.3. The molecule has 2 heterocycles. The summed E-state index contributed by atoms with van der Waals surface area (Å²) in [7, 11) is 0. The SMILES string of the molecule is O=C(CC(c1ccccc1)c1cn(Cc2ccc(F)cc2)c2ccccc12)NCc1ccc2c(c1)OCO2. The smallest absolute Gasteiger partial charge is 0.231 e. The predicted molar refractivity (Wildman–Crippen MR) is 145 cm³/mol. The Morgan fingerprint density at radius 3 is 2.45 bits per heavy atom. The highest BCUT2D eigenvalue weighted by Crippen LogP contribution is 2.35. The van der Waals surface area contributed by atoms with Gasteiger partial charge in [-0.2, -0.15) is 0 Å². The first-order valence-corrected chi connectivity index (χ1v) is 12.7. The number of fused-ring (bicyclic) bond motifs is 2. The highest BCUT2D eigenvalue weighted by atomic mass is 19.1. The summed E-state index contributed by atoms with van der Waals surface area (Å²) in [5.41, 5.74) is 5.21. The van der Waals surface area contributed by atoms with Gasteiger partial charge in [0.1, 0.15) is 5.82 Å². The Morgan fingerprint density at radius 1 is 0.868 bits per heavy atom. The molecule has 0 saturated carbocycles. The van der Waals surface area contributed by atoms with E-state index in [9.17, 15) is 9.18 Å². The van der Waals surface area contributed by atoms with Gasteiger partial charge in [0.15, 0.2) is 11.5 Å². The van der Waals surface area contributed by atoms with Crippen LogP contribution in [-0.2, 0) is 17.9 Å². The lowest BCUT2D eigenvalue weighted by molar-refractivity contribution is -0.121. The molecule has 0 bridgehead atoms. The van der Waals surface area contributed by atoms with Crippen LogP contribution in [-0.4, -0.2) is 17.3 Å². The first-order chi connectivity index (χ1) is 18.6. The number of carbonyl (C=O) groups excluding carboxylic acids is 1. The molecule has 1 atom stereocenters. The van der Waals surface area contributed by atoms with Gasteiger partial charge in [-0.3, -0.25) is 4.79 Å². The summed E-state index contributed by atoms with van der Waals surface area (Å²) in [6.07, 6.45) is 2.44. The molecule has 0 spiro atoms. The number of hydrogen-bond acceptors (Lipinski definition) is 3. The maximum Gasteiger partial charge on any atom is 0.231 e. The number of carbonyl (C=O) groups is 1. The van der Waals surface area contributed by atoms with Crippen LogP contribution in [0.15, 0.2) is 103 Å². The van der Waals surface area contributed by atoms with E-state index in [4.69, 9.17) is 9.47 Å². The molecule has 0 fully saturated rings. The number of rotatable bonds is 8. The van der Waals surface area contributed by atoms with Crippen LogP contribution >= 0.6 is 0 Å². The third-order valence-electron chi connectivity index (χ3n) is 6.98. The summed E-state index contributed by atoms with van der Waals surface area (Å²) in [6, 6.07) is 30.7. The molecule has 1 amide bonds. The molecular weight excluding hydrogens is 479 g/mol. The van der Waals surface area contributed by atoms with Gasteiger partial charge < -0.3 is 19.4 Å². The van der Waals surface area contributed by atoms with E-state index in [0.29, 0.717) is 25.3 Å². The molecule has 1 N–H and O–H groups in total. The average Bonchev–Trinajstić information content (AvgIpc) is 3.57. The molecule has 0 radical (unpaired) electrons. The van der Waals surface area contributed by atoms with Crippen molar-refractivity contribution in [3.8, 4) is 11.5 Å². The Balaban J connectivity index is 1.28. The van der Waals surface area contributed by atoms with Crippen LogP contribution in [0.4, 0.5) is 4.39 Å². The van der Waals surface area contributed by atoms with Crippen LogP contribution in [0.25, 0.3) is 10.9 Å². The van der Waals surface area contributed by atoms with E-state index < -0.39 is 0 Å². The van der Waals surface area contributed by atoms with Gasteiger partial charge in [0, 0.05) is 42.5 Å². The van der Waals surface area contributed by atoms with Crippen LogP contribution in [0.2, 0.25) is 0 Å². The number of hydrogen-bond donors (Lipinski definition) is 1. The number of amides is 1. The molecule has 6 rings (SSSR count). The van der Waals surface area contributed by atoms with Gasteiger partial charge in [-0.25, -0.2) is 4.39 Å². The Morgan fingerprint density at radius 2 is 1.61 bits per heavy atom. The molecule has 5 aromatic rings. The van der Waals surface area contributed by atoms with Crippen molar-refractivity contribution in [2.45, 2.75) is 25.4 Å². The van der Waals surface area contributed by atoms with E-state index >= 15 is 0 Å². The lowest BCUT2D eigenvalue weighted by Crippen LogP contribution is -2.25. The zero-order valence-electron chi connectivity index (χ0n) is 20.8. The number of para-hydroxylation sites is 1. The van der Waals surface area contributed by atoms with Crippen LogP contribution < -0.4 is 14.8 Å². The van der Waals surface area contributed by atoms with Gasteiger partial charge in [0.25, 0.3) is 0 Å². The maximum atomic E-state index is 13.5. The van der Waals surface area contributed by atoms with Crippen LogP contribution in [0.5, 0.6) is 11.5 Å². The molecule has 5 nitrogen and oxygen atoms in total. The quantitative estimate of drug-likeness (QED) is 0.265. The lowest BCUT2D eigenvalue weighted by atomic mass is 9.88. The molecule has 38 heavy (non-hydrogen) atoms. The molecule has 1 aliphatic heterocycles. The largest absolute Gasteiger partial charge is 0.454 e. The first kappa shape index (κ1) is 23.8. The van der Waals surface area contributed by atoms with E-state index in [0.717, 1.165) is 38.9 Å². The first-order valence-electron chi connectivity index (χ1n) is 12.7. The van der Waals surface area contributed by atoms with Crippen molar-refractivity contribution >= 4 is 16.8 Å². The van der Waals surface area contributed by atoms with E-state index in [-0.39, 0.29) is 24.4 Å². The highest BCUT2D eigenvalue weighted by Gasteiger charge is 2.23. The van der Waals surface area contributed by atoms with Gasteiger partial charge in [-0.15, -0.1) is 0 Å². The molecule has 4 aromatic carbocycles. The van der Waals surface area contributed by atoms with Crippen molar-refractivity contribution in [3.05, 3.63) is 131 Å². The molecule has 6 heteroatoms. The Kier molecular flexibility index (Phi) is 6.53. The maximum absolute atomic E-state index is 13.5. The second kappa shape index (κ2) is 10.4. The lowest BCUT2D eigenvalue weighted by Gasteiger charge is -2.17. The van der Waals surface area contributed by atoms with Crippen molar-refractivity contribution < 1.29 is 18.7 Å². The second-order valence-corrected chi connectivity index (χ2v) is 9.49. The van der Waals surface area contributed by atoms with Crippen LogP contribution in [0, 0.1) is 5.82 Å². The number of halogens is 1. The molecule has 1 unspecified atom stereocenters. The van der Waals surface area contributed by atoms with Crippen molar-refractivity contribution in [1.82, 2.24) is 9.88 Å². The molecular formula is C32H27FN2O3. The van der Waals surface area contributed by atoms with Crippen molar-refractivity contribution in [3.63, 3.8) is 0 Å². The summed E-state index contributed by atoms with van der Waals surface area (Å²) in [6.45, 7) is 1.24. The van der Waals surface area contributed by atoms with Crippen molar-refractivity contribution in [2.24, 2.45) is 0 Å². The summed E-state index contributed by atoms with van der Waals surface area (Å²) >= 11 is 0. The molecule has 1 aliphatic rings. The van der Waals surface area contributed by atoms with Gasteiger partial charge >= 0.3 is 0 Å². The topological polar surface area (TPSA) is 52.5 Å². The average molecular weight is 507 g/mol. The number of nitrogens with one attached hydrogen (secondary N) is 1. The van der Waals surface area contributed by atoms with Crippen LogP contribution in [0.3, 0.4) is 0 Å². The number of aromatic nitrogens is 1. The molecule has 190 valence electrons. The normalized spacial score (nSPS) is 13.0. The number of ether oxygens (including phenoxy) is 2. The minimum Gasteiger partial charge on any atom is -0.454 e. The van der Waals surface area contributed by atoms with Crippen LogP contribution in [0.1, 0.15) is 34.6 Å². The van der Waals surface area contributed by atoms with Crippen molar-refractivity contribution in [1.29, 1.82) is 0 Å². The third kappa shape index (κ3) is 4.98. The highest BCUT2D eigenvalue weighted by molar-refractivity contribution is 5.86. The van der Waals surface area contributed by atoms with E-state index in [2.05, 4.69) is 40.3 Å². The van der Waals surface area contributed by atoms with Gasteiger partial charge in [0.2, 0.25) is 12.7 Å². The zero-order chi connectivity index (χ0) is 25.9. The van der Waals surface area contributed by atoms with E-state index in [1.807, 2.05) is 60.7 Å². The van der Waals surface area contributed by atoms with Crippen molar-refractivity contribution in [2.75, 3.05) is 6.79 Å². The molecule has 1 aromatic heterocycles. The molecule has 0 aliphatic carbocycles. The number of benzene rings is 4. The van der Waals surface area contributed by atoms with Gasteiger partial charge in [0.05, 0.1) is 0 Å². The van der Waals surface area contributed by atoms with E-state index in [1.54, 1.807) is 0 Å².